The summed E-state index contributed by atoms with van der Waals surface area (Å²) in [4.78, 5) is 36.3. The van der Waals surface area contributed by atoms with Crippen LogP contribution in [-0.4, -0.2) is 47.9 Å². The van der Waals surface area contributed by atoms with E-state index in [1.165, 1.54) is 12.1 Å². The van der Waals surface area contributed by atoms with E-state index in [1.54, 1.807) is 19.1 Å². The van der Waals surface area contributed by atoms with Crippen LogP contribution >= 0.6 is 0 Å². The van der Waals surface area contributed by atoms with Crippen LogP contribution in [0.1, 0.15) is 19.8 Å². The molecular formula is C16H21N3O5. The zero-order valence-corrected chi connectivity index (χ0v) is 13.6. The quantitative estimate of drug-likeness (QED) is 0.483. The molecule has 1 fully saturated rings. The van der Waals surface area contributed by atoms with Crippen LogP contribution < -0.4 is 5.32 Å². The largest absolute Gasteiger partial charge is 0.466 e. The van der Waals surface area contributed by atoms with E-state index in [1.807, 2.05) is 4.90 Å². The molecule has 0 spiro atoms. The fourth-order valence-electron chi connectivity index (χ4n) is 2.78. The predicted molar refractivity (Wildman–Crippen MR) is 87.5 cm³/mol. The number of nitrogens with zero attached hydrogens (tertiary/aromatic N) is 2. The van der Waals surface area contributed by atoms with Crippen LogP contribution in [0.3, 0.4) is 0 Å². The Morgan fingerprint density at radius 1 is 1.42 bits per heavy atom. The van der Waals surface area contributed by atoms with Crippen molar-refractivity contribution in [3.05, 3.63) is 34.4 Å². The van der Waals surface area contributed by atoms with Gasteiger partial charge in [-0.1, -0.05) is 12.1 Å². The van der Waals surface area contributed by atoms with Crippen LogP contribution in [0, 0.1) is 16.0 Å². The predicted octanol–water partition coefficient (Wildman–Crippen LogP) is 1.81. The molecule has 1 N–H and O–H groups in total. The highest BCUT2D eigenvalue weighted by Crippen LogP contribution is 2.23. The Balaban J connectivity index is 1.93. The van der Waals surface area contributed by atoms with Gasteiger partial charge in [0.15, 0.2) is 0 Å². The second-order valence-corrected chi connectivity index (χ2v) is 5.65. The smallest absolute Gasteiger partial charge is 0.310 e. The molecule has 1 amide bonds. The first-order chi connectivity index (χ1) is 11.5. The van der Waals surface area contributed by atoms with Crippen molar-refractivity contribution in [3.63, 3.8) is 0 Å². The highest BCUT2D eigenvalue weighted by molar-refractivity contribution is 5.94. The molecular weight excluding hydrogens is 314 g/mol. The maximum atomic E-state index is 12.2. The maximum absolute atomic E-state index is 12.2. The summed E-state index contributed by atoms with van der Waals surface area (Å²) in [5.74, 6) is -0.798. The first-order valence-electron chi connectivity index (χ1n) is 7.93. The van der Waals surface area contributed by atoms with Crippen molar-refractivity contribution < 1.29 is 19.2 Å². The molecule has 130 valence electrons. The lowest BCUT2D eigenvalue weighted by molar-refractivity contribution is -0.383. The van der Waals surface area contributed by atoms with Crippen molar-refractivity contribution in [1.82, 2.24) is 4.90 Å². The fraction of sp³-hybridized carbons (Fsp3) is 0.500. The van der Waals surface area contributed by atoms with Gasteiger partial charge in [-0.15, -0.1) is 0 Å². The van der Waals surface area contributed by atoms with E-state index in [0.717, 1.165) is 12.8 Å². The van der Waals surface area contributed by atoms with Crippen molar-refractivity contribution >= 4 is 23.3 Å². The molecule has 1 atom stereocenters. The van der Waals surface area contributed by atoms with Gasteiger partial charge in [-0.2, -0.15) is 0 Å². The number of carbonyl (C=O) groups is 2. The van der Waals surface area contributed by atoms with Gasteiger partial charge in [-0.3, -0.25) is 24.6 Å². The molecule has 0 aliphatic carbocycles. The van der Waals surface area contributed by atoms with Gasteiger partial charge in [-0.05, 0) is 32.4 Å². The number of esters is 1. The van der Waals surface area contributed by atoms with E-state index in [4.69, 9.17) is 4.74 Å². The molecule has 2 rings (SSSR count). The SMILES string of the molecule is CCOC(=O)[C@@H]1CCCN(CC(=O)Nc2ccccc2[N+](=O)[O-])C1. The first kappa shape index (κ1) is 17.9. The molecule has 0 radical (unpaired) electrons. The zero-order valence-electron chi connectivity index (χ0n) is 13.6. The van der Waals surface area contributed by atoms with Gasteiger partial charge in [0.25, 0.3) is 5.69 Å². The number of hydrogen-bond donors (Lipinski definition) is 1. The third kappa shape index (κ3) is 4.76. The van der Waals surface area contributed by atoms with E-state index in [0.29, 0.717) is 19.7 Å². The van der Waals surface area contributed by atoms with Crippen molar-refractivity contribution in [2.24, 2.45) is 5.92 Å². The van der Waals surface area contributed by atoms with Gasteiger partial charge in [0, 0.05) is 12.6 Å². The first-order valence-corrected chi connectivity index (χ1v) is 7.93. The minimum absolute atomic E-state index is 0.0853. The number of hydrogen-bond acceptors (Lipinski definition) is 6. The number of benzene rings is 1. The number of piperidine rings is 1. The van der Waals surface area contributed by atoms with Crippen LogP contribution in [0.4, 0.5) is 11.4 Å². The number of likely N-dealkylation sites (tertiary alicyclic amines) is 1. The van der Waals surface area contributed by atoms with Crippen LogP contribution in [0.15, 0.2) is 24.3 Å². The molecule has 0 saturated carbocycles. The van der Waals surface area contributed by atoms with Crippen molar-refractivity contribution in [2.45, 2.75) is 19.8 Å². The summed E-state index contributed by atoms with van der Waals surface area (Å²) in [5, 5.41) is 13.5. The summed E-state index contributed by atoms with van der Waals surface area (Å²) in [6.07, 6.45) is 1.56. The third-order valence-electron chi connectivity index (χ3n) is 3.87. The Morgan fingerprint density at radius 3 is 2.88 bits per heavy atom. The molecule has 0 bridgehead atoms. The summed E-state index contributed by atoms with van der Waals surface area (Å²) in [5.41, 5.74) is 0.0281. The summed E-state index contributed by atoms with van der Waals surface area (Å²) in [7, 11) is 0. The average molecular weight is 335 g/mol. The highest BCUT2D eigenvalue weighted by Gasteiger charge is 2.28. The number of nitro groups is 1. The van der Waals surface area contributed by atoms with E-state index in [2.05, 4.69) is 5.32 Å². The van der Waals surface area contributed by atoms with Crippen LogP contribution in [-0.2, 0) is 14.3 Å². The topological polar surface area (TPSA) is 102 Å². The zero-order chi connectivity index (χ0) is 17.5. The van der Waals surface area contributed by atoms with Crippen molar-refractivity contribution in [1.29, 1.82) is 0 Å². The summed E-state index contributed by atoms with van der Waals surface area (Å²) in [6.45, 7) is 3.36. The molecule has 1 aromatic rings. The maximum Gasteiger partial charge on any atom is 0.310 e. The van der Waals surface area contributed by atoms with Gasteiger partial charge < -0.3 is 10.1 Å². The number of nitro benzene ring substituents is 1. The van der Waals surface area contributed by atoms with Crippen LogP contribution in [0.5, 0.6) is 0 Å². The van der Waals surface area contributed by atoms with Gasteiger partial charge in [0.1, 0.15) is 5.69 Å². The molecule has 8 nitrogen and oxygen atoms in total. The van der Waals surface area contributed by atoms with Gasteiger partial charge in [-0.25, -0.2) is 0 Å². The van der Waals surface area contributed by atoms with E-state index >= 15 is 0 Å². The van der Waals surface area contributed by atoms with E-state index in [9.17, 15) is 19.7 Å². The second kappa shape index (κ2) is 8.39. The Labute approximate surface area is 139 Å². The minimum Gasteiger partial charge on any atom is -0.466 e. The van der Waals surface area contributed by atoms with Crippen molar-refractivity contribution in [3.8, 4) is 0 Å². The minimum atomic E-state index is -0.534. The van der Waals surface area contributed by atoms with Gasteiger partial charge in [0.2, 0.25) is 5.91 Å². The third-order valence-corrected chi connectivity index (χ3v) is 3.87. The molecule has 1 saturated heterocycles. The lowest BCUT2D eigenvalue weighted by Crippen LogP contribution is -2.43. The normalized spacial score (nSPS) is 18.0. The van der Waals surface area contributed by atoms with Crippen molar-refractivity contribution in [2.75, 3.05) is 31.6 Å². The van der Waals surface area contributed by atoms with Crippen LogP contribution in [0.2, 0.25) is 0 Å². The number of rotatable bonds is 6. The lowest BCUT2D eigenvalue weighted by Gasteiger charge is -2.30. The van der Waals surface area contributed by atoms with Gasteiger partial charge >= 0.3 is 5.97 Å². The molecule has 1 aliphatic heterocycles. The number of carbonyl (C=O) groups excluding carboxylic acids is 2. The average Bonchev–Trinajstić information content (AvgIpc) is 2.55. The monoisotopic (exact) mass is 335 g/mol. The van der Waals surface area contributed by atoms with Gasteiger partial charge in [0.05, 0.1) is 24.0 Å². The molecule has 8 heteroatoms. The summed E-state index contributed by atoms with van der Waals surface area (Å²) < 4.78 is 5.03. The second-order valence-electron chi connectivity index (χ2n) is 5.65. The number of nitrogens with one attached hydrogen (secondary N) is 1. The Kier molecular flexibility index (Phi) is 6.25. The summed E-state index contributed by atoms with van der Waals surface area (Å²) in [6, 6.07) is 6.00. The fourth-order valence-corrected chi connectivity index (χ4v) is 2.78. The summed E-state index contributed by atoms with van der Waals surface area (Å²) >= 11 is 0. The Morgan fingerprint density at radius 2 is 2.17 bits per heavy atom. The van der Waals surface area contributed by atoms with E-state index < -0.39 is 4.92 Å². The molecule has 0 aromatic heterocycles. The standard InChI is InChI=1S/C16H21N3O5/c1-2-24-16(21)12-6-5-9-18(10-12)11-15(20)17-13-7-3-4-8-14(13)19(22)23/h3-4,7-8,12H,2,5-6,9-11H2,1H3,(H,17,20)/t12-/m1/s1. The lowest BCUT2D eigenvalue weighted by atomic mass is 9.98. The van der Waals surface area contributed by atoms with Crippen LogP contribution in [0.25, 0.3) is 0 Å². The molecule has 0 unspecified atom stereocenters. The molecule has 1 aliphatic rings. The number of amides is 1. The highest BCUT2D eigenvalue weighted by atomic mass is 16.6. The molecule has 1 heterocycles. The number of ether oxygens (including phenoxy) is 1. The Bertz CT molecular complexity index is 619. The number of para-hydroxylation sites is 2. The molecule has 1 aromatic carbocycles. The Hall–Kier alpha value is -2.48. The number of anilines is 1. The van der Waals surface area contributed by atoms with E-state index in [-0.39, 0.29) is 35.7 Å². The molecule has 24 heavy (non-hydrogen) atoms.